The Balaban J connectivity index is 0. The van der Waals surface area contributed by atoms with Gasteiger partial charge < -0.3 is 25.4 Å². The highest BCUT2D eigenvalue weighted by atomic mass is 19.4. The highest BCUT2D eigenvalue weighted by Crippen LogP contribution is 2.34. The lowest BCUT2D eigenvalue weighted by Crippen LogP contribution is -2.33. The van der Waals surface area contributed by atoms with Crippen molar-refractivity contribution in [2.45, 2.75) is 107 Å². The molecule has 2 unspecified atom stereocenters. The zero-order valence-corrected chi connectivity index (χ0v) is 33.5. The molecule has 10 heteroatoms. The van der Waals surface area contributed by atoms with Crippen molar-refractivity contribution in [1.82, 2.24) is 9.80 Å². The third-order valence-electron chi connectivity index (χ3n) is 7.97. The van der Waals surface area contributed by atoms with Crippen LogP contribution in [0.4, 0.5) is 13.2 Å². The van der Waals surface area contributed by atoms with Crippen molar-refractivity contribution in [2.75, 3.05) is 45.9 Å². The number of halogens is 3. The van der Waals surface area contributed by atoms with Crippen LogP contribution in [0.3, 0.4) is 0 Å². The smallest absolute Gasteiger partial charge is 0.416 e. The zero-order chi connectivity index (χ0) is 40.0. The number of nitrogens with two attached hydrogens (primary N) is 1. The Kier molecular flexibility index (Phi) is 30.0. The van der Waals surface area contributed by atoms with Gasteiger partial charge in [-0.2, -0.15) is 13.2 Å². The number of hydrogen-bond acceptors (Lipinski definition) is 6. The summed E-state index contributed by atoms with van der Waals surface area (Å²) in [5.41, 5.74) is 6.86. The van der Waals surface area contributed by atoms with Crippen LogP contribution in [0.5, 0.6) is 5.75 Å². The Morgan fingerprint density at radius 1 is 1.12 bits per heavy atom. The summed E-state index contributed by atoms with van der Waals surface area (Å²) in [7, 11) is 0. The van der Waals surface area contributed by atoms with Crippen molar-refractivity contribution in [3.8, 4) is 5.75 Å². The van der Waals surface area contributed by atoms with Crippen molar-refractivity contribution < 1.29 is 27.8 Å². The Morgan fingerprint density at radius 3 is 2.13 bits per heavy atom. The molecule has 1 amide bonds. The number of piperidine rings is 1. The number of benzene rings is 1. The standard InChI is InChI=1S/C25H33F3N2O.C7H13NO.C7H17N.C3H6O/c1-6-9-12-18(4)24(20(11-7-2)13-10-16-29)30-19(5)22-15-14-21(25(26,27)28)17-23(22)31-8-3;1-7(9)8-5-3-2-4-6-8;1-4-7-8(5-2)6-3;1-2-3-4/h7,9-18,24H,6,8,29H2,1-5H3;2-6H2,1H3;4-7H2,1-3H3;2,4H,1,3H2/b11-7-,12-9+,16-10+,20-13+,30-19?;;;. The highest BCUT2D eigenvalue weighted by molar-refractivity contribution is 6.01. The second-order valence-electron chi connectivity index (χ2n) is 12.1. The van der Waals surface area contributed by atoms with Crippen LogP contribution in [0, 0.1) is 5.92 Å². The van der Waals surface area contributed by atoms with E-state index in [9.17, 15) is 18.0 Å². The van der Waals surface area contributed by atoms with E-state index < -0.39 is 11.7 Å². The number of ether oxygens (including phenoxy) is 1. The number of aliphatic imine (C=N–C) groups is 1. The number of aliphatic hydroxyl groups excluding tert-OH is 1. The molecule has 3 N–H and O–H groups in total. The van der Waals surface area contributed by atoms with E-state index in [1.807, 2.05) is 30.1 Å². The van der Waals surface area contributed by atoms with Crippen LogP contribution in [0.1, 0.15) is 106 Å². The van der Waals surface area contributed by atoms with E-state index in [0.29, 0.717) is 11.3 Å². The van der Waals surface area contributed by atoms with Crippen LogP contribution in [0.2, 0.25) is 0 Å². The largest absolute Gasteiger partial charge is 0.493 e. The Labute approximate surface area is 313 Å². The summed E-state index contributed by atoms with van der Waals surface area (Å²) in [6, 6.07) is 3.28. The second-order valence-corrected chi connectivity index (χ2v) is 12.1. The molecule has 0 aromatic heterocycles. The molecular weight excluding hydrogens is 665 g/mol. The molecule has 1 aromatic rings. The minimum absolute atomic E-state index is 0.0634. The van der Waals surface area contributed by atoms with E-state index in [0.717, 1.165) is 37.2 Å². The molecule has 1 aliphatic rings. The normalized spacial score (nSPS) is 15.0. The van der Waals surface area contributed by atoms with Gasteiger partial charge >= 0.3 is 6.18 Å². The number of amides is 1. The number of carbonyl (C=O) groups excluding carboxylic acids is 1. The van der Waals surface area contributed by atoms with Crippen LogP contribution < -0.4 is 10.5 Å². The first kappa shape index (κ1) is 50.5. The van der Waals surface area contributed by atoms with E-state index in [1.165, 1.54) is 63.7 Å². The summed E-state index contributed by atoms with van der Waals surface area (Å²) in [5.74, 6) is 0.468. The first-order valence-corrected chi connectivity index (χ1v) is 18.7. The minimum atomic E-state index is -4.44. The van der Waals surface area contributed by atoms with Crippen LogP contribution in [0.25, 0.3) is 0 Å². The van der Waals surface area contributed by atoms with E-state index in [1.54, 1.807) is 26.8 Å². The SMILES string of the molecule is C=CCO.CC(=O)N1CCCCC1.CCCN(CC)CC.C\C=C/C(=C\C=C\N)C(N=C(C)c1ccc(C(F)(F)F)cc1OCC)C(C)/C=C/CC. The number of carbonyl (C=O) groups is 1. The van der Waals surface area contributed by atoms with E-state index >= 15 is 0 Å². The van der Waals surface area contributed by atoms with Gasteiger partial charge in [0.15, 0.2) is 0 Å². The maximum atomic E-state index is 13.2. The molecule has 2 atom stereocenters. The number of hydrogen-bond donors (Lipinski definition) is 2. The number of allylic oxidation sites excluding steroid dienone is 4. The van der Waals surface area contributed by atoms with Gasteiger partial charge in [-0.05, 0) is 109 Å². The highest BCUT2D eigenvalue weighted by Gasteiger charge is 2.31. The molecule has 296 valence electrons. The lowest BCUT2D eigenvalue weighted by molar-refractivity contribution is -0.137. The fourth-order valence-electron chi connectivity index (χ4n) is 5.18. The molecular formula is C42H69F3N4O3. The van der Waals surface area contributed by atoms with Gasteiger partial charge in [0.2, 0.25) is 5.91 Å². The van der Waals surface area contributed by atoms with Gasteiger partial charge in [-0.25, -0.2) is 0 Å². The van der Waals surface area contributed by atoms with Crippen LogP contribution in [-0.2, 0) is 11.0 Å². The number of rotatable bonds is 15. The lowest BCUT2D eigenvalue weighted by atomic mass is 9.92. The van der Waals surface area contributed by atoms with Gasteiger partial charge in [0.25, 0.3) is 0 Å². The number of likely N-dealkylation sites (tertiary alicyclic amines) is 1. The molecule has 0 radical (unpaired) electrons. The molecule has 1 aromatic carbocycles. The van der Waals surface area contributed by atoms with Crippen molar-refractivity contribution in [3.05, 3.63) is 90.2 Å². The van der Waals surface area contributed by atoms with Crippen LogP contribution >= 0.6 is 0 Å². The molecule has 2 rings (SSSR count). The summed E-state index contributed by atoms with van der Waals surface area (Å²) in [5, 5.41) is 7.76. The summed E-state index contributed by atoms with van der Waals surface area (Å²) in [4.78, 5) is 20.0. The minimum Gasteiger partial charge on any atom is -0.493 e. The maximum Gasteiger partial charge on any atom is 0.416 e. The quantitative estimate of drug-likeness (QED) is 0.106. The molecule has 52 heavy (non-hydrogen) atoms. The van der Waals surface area contributed by atoms with Crippen LogP contribution in [0.15, 0.2) is 84.1 Å². The first-order chi connectivity index (χ1) is 24.8. The first-order valence-electron chi connectivity index (χ1n) is 18.7. The number of alkyl halides is 3. The van der Waals surface area contributed by atoms with E-state index in [2.05, 4.69) is 58.2 Å². The summed E-state index contributed by atoms with van der Waals surface area (Å²) in [6.45, 7) is 27.0. The summed E-state index contributed by atoms with van der Waals surface area (Å²) < 4.78 is 45.0. The average Bonchev–Trinajstić information content (AvgIpc) is 3.14. The van der Waals surface area contributed by atoms with Crippen molar-refractivity contribution in [3.63, 3.8) is 0 Å². The molecule has 0 saturated carbocycles. The molecule has 0 bridgehead atoms. The van der Waals surface area contributed by atoms with Gasteiger partial charge in [-0.1, -0.05) is 71.1 Å². The zero-order valence-electron chi connectivity index (χ0n) is 33.5. The molecule has 1 fully saturated rings. The second kappa shape index (κ2) is 30.9. The molecule has 1 heterocycles. The number of aliphatic hydroxyl groups is 1. The fraction of sp³-hybridized carbons (Fsp3) is 0.571. The Hall–Kier alpha value is -3.63. The van der Waals surface area contributed by atoms with Gasteiger partial charge in [-0.3, -0.25) is 9.79 Å². The van der Waals surface area contributed by atoms with Crippen LogP contribution in [-0.4, -0.2) is 78.5 Å². The average molecular weight is 735 g/mol. The van der Waals surface area contributed by atoms with Crippen molar-refractivity contribution >= 4 is 11.6 Å². The molecule has 1 saturated heterocycles. The Bertz CT molecular complexity index is 1250. The van der Waals surface area contributed by atoms with E-state index in [4.69, 9.17) is 20.6 Å². The summed E-state index contributed by atoms with van der Waals surface area (Å²) in [6.07, 6.45) is 16.0. The van der Waals surface area contributed by atoms with Gasteiger partial charge in [0, 0.05) is 37.2 Å². The van der Waals surface area contributed by atoms with E-state index in [-0.39, 0.29) is 36.8 Å². The van der Waals surface area contributed by atoms with Gasteiger partial charge in [0.05, 0.1) is 24.8 Å². The molecule has 7 nitrogen and oxygen atoms in total. The van der Waals surface area contributed by atoms with Crippen molar-refractivity contribution in [2.24, 2.45) is 16.6 Å². The lowest BCUT2D eigenvalue weighted by Gasteiger charge is -2.24. The van der Waals surface area contributed by atoms with Gasteiger partial charge in [-0.15, -0.1) is 6.58 Å². The predicted octanol–water partition coefficient (Wildman–Crippen LogP) is 9.78. The summed E-state index contributed by atoms with van der Waals surface area (Å²) >= 11 is 0. The number of nitrogens with zero attached hydrogens (tertiary/aromatic N) is 3. The monoisotopic (exact) mass is 735 g/mol. The molecule has 0 spiro atoms. The fourth-order valence-corrected chi connectivity index (χ4v) is 5.18. The predicted molar refractivity (Wildman–Crippen MR) is 215 cm³/mol. The molecule has 0 aliphatic carbocycles. The van der Waals surface area contributed by atoms with Gasteiger partial charge in [0.1, 0.15) is 5.75 Å². The topological polar surface area (TPSA) is 91.4 Å². The third kappa shape index (κ3) is 22.3. The Morgan fingerprint density at radius 2 is 1.73 bits per heavy atom. The third-order valence-corrected chi connectivity index (χ3v) is 7.97. The van der Waals surface area contributed by atoms with Crippen molar-refractivity contribution in [1.29, 1.82) is 0 Å². The maximum absolute atomic E-state index is 13.2. The molecule has 1 aliphatic heterocycles.